The highest BCUT2D eigenvalue weighted by Crippen LogP contribution is 2.40. The van der Waals surface area contributed by atoms with Crippen LogP contribution in [0.25, 0.3) is 0 Å². The fraction of sp³-hybridized carbons (Fsp3) is 0.250. The van der Waals surface area contributed by atoms with E-state index in [1.54, 1.807) is 6.07 Å². The molecule has 0 amide bonds. The third-order valence-electron chi connectivity index (χ3n) is 3.86. The summed E-state index contributed by atoms with van der Waals surface area (Å²) in [5, 5.41) is 13.2. The minimum atomic E-state index is -0.571. The van der Waals surface area contributed by atoms with Crippen LogP contribution in [0.2, 0.25) is 0 Å². The quantitative estimate of drug-likeness (QED) is 0.885. The number of anilines is 1. The molecule has 1 aliphatic rings. The molecule has 0 radical (unpaired) electrons. The second kappa shape index (κ2) is 4.67. The number of para-hydroxylation sites is 1. The van der Waals surface area contributed by atoms with Crippen LogP contribution in [-0.2, 0) is 12.0 Å². The molecule has 0 saturated carbocycles. The first-order valence-electron chi connectivity index (χ1n) is 6.47. The third-order valence-corrected chi connectivity index (χ3v) is 3.86. The highest BCUT2D eigenvalue weighted by atomic mass is 19.1. The van der Waals surface area contributed by atoms with Crippen molar-refractivity contribution in [1.82, 2.24) is 0 Å². The van der Waals surface area contributed by atoms with Crippen LogP contribution in [-0.4, -0.2) is 11.7 Å². The largest absolute Gasteiger partial charge is 0.394 e. The molecule has 0 bridgehead atoms. The maximum atomic E-state index is 13.8. The van der Waals surface area contributed by atoms with E-state index in [9.17, 15) is 9.50 Å². The molecular weight excluding hydrogens is 241 g/mol. The zero-order valence-electron chi connectivity index (χ0n) is 10.6. The Morgan fingerprint density at radius 1 is 1.11 bits per heavy atom. The van der Waals surface area contributed by atoms with Crippen molar-refractivity contribution >= 4 is 5.69 Å². The number of fused-ring (bicyclic) bond motifs is 1. The van der Waals surface area contributed by atoms with Crippen molar-refractivity contribution in [1.29, 1.82) is 0 Å². The van der Waals surface area contributed by atoms with Gasteiger partial charge in [0.25, 0.3) is 0 Å². The molecule has 1 aliphatic carbocycles. The maximum Gasteiger partial charge on any atom is 0.126 e. The van der Waals surface area contributed by atoms with E-state index in [1.807, 2.05) is 36.4 Å². The van der Waals surface area contributed by atoms with E-state index in [1.165, 1.54) is 6.07 Å². The standard InChI is InChI=1S/C16H16FNO/c17-15-8-4-7-14-13(15)9-10-16(14,11-19)18-12-5-2-1-3-6-12/h1-8,18-19H,9-11H2. The molecule has 98 valence electrons. The summed E-state index contributed by atoms with van der Waals surface area (Å²) in [6.45, 7) is -0.0433. The van der Waals surface area contributed by atoms with Gasteiger partial charge in [-0.05, 0) is 42.2 Å². The summed E-state index contributed by atoms with van der Waals surface area (Å²) in [5.41, 5.74) is 1.96. The summed E-state index contributed by atoms with van der Waals surface area (Å²) >= 11 is 0. The first-order valence-corrected chi connectivity index (χ1v) is 6.47. The zero-order valence-corrected chi connectivity index (χ0v) is 10.6. The van der Waals surface area contributed by atoms with Gasteiger partial charge in [0, 0.05) is 5.69 Å². The zero-order chi connectivity index (χ0) is 13.3. The van der Waals surface area contributed by atoms with Gasteiger partial charge in [0.05, 0.1) is 12.1 Å². The Balaban J connectivity index is 2.01. The van der Waals surface area contributed by atoms with Gasteiger partial charge in [0.1, 0.15) is 5.82 Å². The number of aliphatic hydroxyl groups excluding tert-OH is 1. The Morgan fingerprint density at radius 2 is 1.89 bits per heavy atom. The van der Waals surface area contributed by atoms with E-state index in [0.29, 0.717) is 12.8 Å². The van der Waals surface area contributed by atoms with Gasteiger partial charge in [-0.3, -0.25) is 0 Å². The fourth-order valence-corrected chi connectivity index (χ4v) is 2.87. The van der Waals surface area contributed by atoms with E-state index >= 15 is 0 Å². The summed E-state index contributed by atoms with van der Waals surface area (Å²) in [7, 11) is 0. The second-order valence-electron chi connectivity index (χ2n) is 5.00. The minimum Gasteiger partial charge on any atom is -0.394 e. The Bertz CT molecular complexity index is 585. The molecule has 2 N–H and O–H groups in total. The van der Waals surface area contributed by atoms with Gasteiger partial charge in [-0.15, -0.1) is 0 Å². The van der Waals surface area contributed by atoms with Gasteiger partial charge in [-0.25, -0.2) is 4.39 Å². The predicted octanol–water partition coefficient (Wildman–Crippen LogP) is 3.07. The maximum absolute atomic E-state index is 13.8. The van der Waals surface area contributed by atoms with Crippen LogP contribution in [0.5, 0.6) is 0 Å². The van der Waals surface area contributed by atoms with E-state index in [0.717, 1.165) is 16.8 Å². The normalized spacial score (nSPS) is 21.2. The highest BCUT2D eigenvalue weighted by molar-refractivity contribution is 5.52. The Labute approximate surface area is 111 Å². The summed E-state index contributed by atoms with van der Waals surface area (Å²) in [6, 6.07) is 14.8. The molecule has 0 aromatic heterocycles. The molecule has 19 heavy (non-hydrogen) atoms. The number of hydrogen-bond acceptors (Lipinski definition) is 2. The molecule has 0 fully saturated rings. The van der Waals surface area contributed by atoms with Crippen molar-refractivity contribution in [3.8, 4) is 0 Å². The van der Waals surface area contributed by atoms with E-state index in [2.05, 4.69) is 5.32 Å². The van der Waals surface area contributed by atoms with Crippen LogP contribution in [0.1, 0.15) is 17.5 Å². The van der Waals surface area contributed by atoms with Gasteiger partial charge in [0.15, 0.2) is 0 Å². The molecule has 3 heteroatoms. The van der Waals surface area contributed by atoms with Crippen molar-refractivity contribution in [3.63, 3.8) is 0 Å². The smallest absolute Gasteiger partial charge is 0.126 e. The molecule has 0 spiro atoms. The molecule has 1 atom stereocenters. The van der Waals surface area contributed by atoms with E-state index in [-0.39, 0.29) is 12.4 Å². The summed E-state index contributed by atoms with van der Waals surface area (Å²) < 4.78 is 13.8. The molecule has 0 saturated heterocycles. The Morgan fingerprint density at radius 3 is 2.63 bits per heavy atom. The molecule has 2 aromatic carbocycles. The van der Waals surface area contributed by atoms with Crippen LogP contribution >= 0.6 is 0 Å². The van der Waals surface area contributed by atoms with Crippen LogP contribution in [0.3, 0.4) is 0 Å². The van der Waals surface area contributed by atoms with Gasteiger partial charge in [0.2, 0.25) is 0 Å². The number of hydrogen-bond donors (Lipinski definition) is 2. The van der Waals surface area contributed by atoms with Crippen LogP contribution < -0.4 is 5.32 Å². The molecule has 2 aromatic rings. The molecule has 1 unspecified atom stereocenters. The predicted molar refractivity (Wildman–Crippen MR) is 73.5 cm³/mol. The van der Waals surface area contributed by atoms with E-state index in [4.69, 9.17) is 0 Å². The average Bonchev–Trinajstić information content (AvgIpc) is 2.81. The highest BCUT2D eigenvalue weighted by Gasteiger charge is 2.39. The van der Waals surface area contributed by atoms with Gasteiger partial charge in [-0.1, -0.05) is 30.3 Å². The van der Waals surface area contributed by atoms with Crippen LogP contribution in [0, 0.1) is 5.82 Å². The summed E-state index contributed by atoms with van der Waals surface area (Å²) in [4.78, 5) is 0. The first kappa shape index (κ1) is 12.2. The van der Waals surface area contributed by atoms with Crippen LogP contribution in [0.4, 0.5) is 10.1 Å². The lowest BCUT2D eigenvalue weighted by atomic mass is 9.92. The number of nitrogens with one attached hydrogen (secondary N) is 1. The van der Waals surface area contributed by atoms with Crippen LogP contribution in [0.15, 0.2) is 48.5 Å². The van der Waals surface area contributed by atoms with Crippen molar-refractivity contribution in [2.75, 3.05) is 11.9 Å². The van der Waals surface area contributed by atoms with Gasteiger partial charge >= 0.3 is 0 Å². The lowest BCUT2D eigenvalue weighted by molar-refractivity contribution is 0.212. The lowest BCUT2D eigenvalue weighted by Crippen LogP contribution is -2.36. The van der Waals surface area contributed by atoms with Crippen molar-refractivity contribution < 1.29 is 9.50 Å². The molecule has 0 aliphatic heterocycles. The number of aliphatic hydroxyl groups is 1. The molecule has 3 rings (SSSR count). The summed E-state index contributed by atoms with van der Waals surface area (Å²) in [5.74, 6) is -0.178. The Hall–Kier alpha value is -1.87. The number of benzene rings is 2. The SMILES string of the molecule is OCC1(Nc2ccccc2)CCc2c(F)cccc21. The van der Waals surface area contributed by atoms with Crippen molar-refractivity contribution in [2.45, 2.75) is 18.4 Å². The van der Waals surface area contributed by atoms with Gasteiger partial charge < -0.3 is 10.4 Å². The van der Waals surface area contributed by atoms with Crippen molar-refractivity contribution in [3.05, 3.63) is 65.5 Å². The number of rotatable bonds is 3. The average molecular weight is 257 g/mol. The van der Waals surface area contributed by atoms with E-state index < -0.39 is 5.54 Å². The molecule has 0 heterocycles. The number of halogens is 1. The first-order chi connectivity index (χ1) is 9.25. The lowest BCUT2D eigenvalue weighted by Gasteiger charge is -2.31. The third kappa shape index (κ3) is 2.00. The van der Waals surface area contributed by atoms with Gasteiger partial charge in [-0.2, -0.15) is 0 Å². The van der Waals surface area contributed by atoms with Crippen molar-refractivity contribution in [2.24, 2.45) is 0 Å². The monoisotopic (exact) mass is 257 g/mol. The topological polar surface area (TPSA) is 32.3 Å². The Kier molecular flexibility index (Phi) is 2.99. The molecule has 2 nitrogen and oxygen atoms in total. The minimum absolute atomic E-state index is 0.0433. The second-order valence-corrected chi connectivity index (χ2v) is 5.00. The molecular formula is C16H16FNO. The summed E-state index contributed by atoms with van der Waals surface area (Å²) in [6.07, 6.45) is 1.36. The fourth-order valence-electron chi connectivity index (χ4n) is 2.87.